The summed E-state index contributed by atoms with van der Waals surface area (Å²) in [5, 5.41) is 0. The molecule has 1 aliphatic carbocycles. The van der Waals surface area contributed by atoms with Gasteiger partial charge in [-0.05, 0) is 37.1 Å². The van der Waals surface area contributed by atoms with Gasteiger partial charge in [0.25, 0.3) is 0 Å². The lowest BCUT2D eigenvalue weighted by Crippen LogP contribution is -2.58. The van der Waals surface area contributed by atoms with Crippen LogP contribution in [0.4, 0.5) is 0 Å². The summed E-state index contributed by atoms with van der Waals surface area (Å²) in [7, 11) is 0. The van der Waals surface area contributed by atoms with Crippen LogP contribution in [-0.4, -0.2) is 30.1 Å². The number of likely N-dealkylation sites (N-methyl/N-ethyl adjacent to an activating group) is 1. The Morgan fingerprint density at radius 2 is 1.89 bits per heavy atom. The van der Waals surface area contributed by atoms with Gasteiger partial charge in [-0.2, -0.15) is 0 Å². The molecule has 0 aromatic heterocycles. The molecule has 1 fully saturated rings. The van der Waals surface area contributed by atoms with E-state index in [1.807, 2.05) is 0 Å². The average Bonchev–Trinajstić information content (AvgIpc) is 2.34. The fourth-order valence-corrected chi connectivity index (χ4v) is 3.70. The van der Waals surface area contributed by atoms with Gasteiger partial charge >= 0.3 is 0 Å². The quantitative estimate of drug-likeness (QED) is 0.784. The molecule has 0 bridgehead atoms. The van der Waals surface area contributed by atoms with Crippen molar-refractivity contribution in [2.45, 2.75) is 72.3 Å². The Kier molecular flexibility index (Phi) is 5.67. The van der Waals surface area contributed by atoms with Crippen LogP contribution in [0.3, 0.4) is 0 Å². The molecule has 2 atom stereocenters. The van der Waals surface area contributed by atoms with Crippen LogP contribution in [-0.2, 0) is 0 Å². The third-order valence-electron chi connectivity index (χ3n) is 4.96. The van der Waals surface area contributed by atoms with E-state index < -0.39 is 0 Å². The van der Waals surface area contributed by atoms with Gasteiger partial charge in [0, 0.05) is 18.6 Å². The van der Waals surface area contributed by atoms with E-state index in [-0.39, 0.29) is 5.54 Å². The molecule has 2 heteroatoms. The topological polar surface area (TPSA) is 29.3 Å². The van der Waals surface area contributed by atoms with Gasteiger partial charge in [-0.15, -0.1) is 0 Å². The zero-order chi connectivity index (χ0) is 13.8. The summed E-state index contributed by atoms with van der Waals surface area (Å²) in [6.45, 7) is 14.9. The zero-order valence-corrected chi connectivity index (χ0v) is 13.3. The van der Waals surface area contributed by atoms with Crippen LogP contribution in [0.5, 0.6) is 0 Å². The SMILES string of the molecule is CCC(C)CN(CC)C1(CN)CCCC(C)(C)C1. The smallest absolute Gasteiger partial charge is 0.0336 e. The van der Waals surface area contributed by atoms with Crippen LogP contribution in [0.15, 0.2) is 0 Å². The lowest BCUT2D eigenvalue weighted by Gasteiger charge is -2.51. The number of hydrogen-bond acceptors (Lipinski definition) is 2. The molecule has 2 unspecified atom stereocenters. The highest BCUT2D eigenvalue weighted by Gasteiger charge is 2.42. The first-order chi connectivity index (χ1) is 8.39. The Bertz CT molecular complexity index is 249. The average molecular weight is 254 g/mol. The van der Waals surface area contributed by atoms with E-state index in [1.54, 1.807) is 0 Å². The van der Waals surface area contributed by atoms with E-state index in [1.165, 1.54) is 38.6 Å². The molecule has 0 radical (unpaired) electrons. The molecular weight excluding hydrogens is 220 g/mol. The first-order valence-corrected chi connectivity index (χ1v) is 7.84. The minimum Gasteiger partial charge on any atom is -0.329 e. The van der Waals surface area contributed by atoms with Crippen molar-refractivity contribution in [3.05, 3.63) is 0 Å². The van der Waals surface area contributed by atoms with Gasteiger partial charge in [-0.1, -0.05) is 47.5 Å². The van der Waals surface area contributed by atoms with Gasteiger partial charge in [-0.25, -0.2) is 0 Å². The summed E-state index contributed by atoms with van der Waals surface area (Å²) >= 11 is 0. The molecule has 1 rings (SSSR count). The number of nitrogens with zero attached hydrogens (tertiary/aromatic N) is 1. The van der Waals surface area contributed by atoms with Gasteiger partial charge in [0.2, 0.25) is 0 Å². The molecule has 0 aliphatic heterocycles. The van der Waals surface area contributed by atoms with Crippen molar-refractivity contribution in [1.82, 2.24) is 4.90 Å². The van der Waals surface area contributed by atoms with Crippen molar-refractivity contribution >= 4 is 0 Å². The van der Waals surface area contributed by atoms with Gasteiger partial charge in [0.1, 0.15) is 0 Å². The standard InChI is InChI=1S/C16H34N2/c1-6-14(3)11-18(7-2)16(13-17)10-8-9-15(4,5)12-16/h14H,6-13,17H2,1-5H3. The minimum absolute atomic E-state index is 0.264. The first kappa shape index (κ1) is 16.0. The molecule has 0 saturated heterocycles. The summed E-state index contributed by atoms with van der Waals surface area (Å²) < 4.78 is 0. The third kappa shape index (κ3) is 3.71. The van der Waals surface area contributed by atoms with Gasteiger partial charge in [0.05, 0.1) is 0 Å². The Labute approximate surface area is 114 Å². The van der Waals surface area contributed by atoms with Crippen molar-refractivity contribution in [2.24, 2.45) is 17.1 Å². The maximum atomic E-state index is 6.21. The van der Waals surface area contributed by atoms with Crippen LogP contribution in [0.2, 0.25) is 0 Å². The van der Waals surface area contributed by atoms with Gasteiger partial charge in [-0.3, -0.25) is 4.90 Å². The van der Waals surface area contributed by atoms with E-state index in [4.69, 9.17) is 5.73 Å². The van der Waals surface area contributed by atoms with Crippen LogP contribution >= 0.6 is 0 Å². The summed E-state index contributed by atoms with van der Waals surface area (Å²) in [5.74, 6) is 0.776. The van der Waals surface area contributed by atoms with Crippen molar-refractivity contribution < 1.29 is 0 Å². The molecule has 18 heavy (non-hydrogen) atoms. The molecule has 1 aliphatic rings. The lowest BCUT2D eigenvalue weighted by atomic mass is 9.67. The maximum absolute atomic E-state index is 6.21. The van der Waals surface area contributed by atoms with Crippen LogP contribution < -0.4 is 5.73 Å². The minimum atomic E-state index is 0.264. The molecular formula is C16H34N2. The number of hydrogen-bond donors (Lipinski definition) is 1. The van der Waals surface area contributed by atoms with E-state index >= 15 is 0 Å². The highest BCUT2D eigenvalue weighted by atomic mass is 15.2. The second-order valence-corrected chi connectivity index (χ2v) is 7.18. The monoisotopic (exact) mass is 254 g/mol. The summed E-state index contributed by atoms with van der Waals surface area (Å²) in [6.07, 6.45) is 6.51. The van der Waals surface area contributed by atoms with Crippen molar-refractivity contribution in [3.63, 3.8) is 0 Å². The fraction of sp³-hybridized carbons (Fsp3) is 1.00. The highest BCUT2D eigenvalue weighted by Crippen LogP contribution is 2.43. The van der Waals surface area contributed by atoms with Crippen LogP contribution in [0.25, 0.3) is 0 Å². The molecule has 2 nitrogen and oxygen atoms in total. The second kappa shape index (κ2) is 6.38. The highest BCUT2D eigenvalue weighted by molar-refractivity contribution is 4.99. The van der Waals surface area contributed by atoms with Crippen LogP contribution in [0, 0.1) is 11.3 Å². The fourth-order valence-electron chi connectivity index (χ4n) is 3.70. The largest absolute Gasteiger partial charge is 0.329 e. The number of nitrogens with two attached hydrogens (primary N) is 1. The molecule has 0 aromatic rings. The molecule has 0 spiro atoms. The maximum Gasteiger partial charge on any atom is 0.0336 e. The van der Waals surface area contributed by atoms with E-state index in [9.17, 15) is 0 Å². The van der Waals surface area contributed by atoms with Crippen molar-refractivity contribution in [1.29, 1.82) is 0 Å². The zero-order valence-electron chi connectivity index (χ0n) is 13.3. The molecule has 0 amide bonds. The Balaban J connectivity index is 2.83. The molecule has 0 heterocycles. The predicted octanol–water partition coefficient (Wildman–Crippen LogP) is 3.65. The first-order valence-electron chi connectivity index (χ1n) is 7.84. The van der Waals surface area contributed by atoms with Crippen molar-refractivity contribution in [2.75, 3.05) is 19.6 Å². The summed E-state index contributed by atoms with van der Waals surface area (Å²) in [6, 6.07) is 0. The second-order valence-electron chi connectivity index (χ2n) is 7.18. The van der Waals surface area contributed by atoms with E-state index in [0.29, 0.717) is 5.41 Å². The normalized spacial score (nSPS) is 29.5. The van der Waals surface area contributed by atoms with E-state index in [0.717, 1.165) is 19.0 Å². The molecule has 1 saturated carbocycles. The van der Waals surface area contributed by atoms with Crippen LogP contribution in [0.1, 0.15) is 66.7 Å². The predicted molar refractivity (Wildman–Crippen MR) is 80.7 cm³/mol. The Hall–Kier alpha value is -0.0800. The van der Waals surface area contributed by atoms with Gasteiger partial charge in [0.15, 0.2) is 0 Å². The Morgan fingerprint density at radius 1 is 1.22 bits per heavy atom. The number of rotatable bonds is 6. The van der Waals surface area contributed by atoms with Gasteiger partial charge < -0.3 is 5.73 Å². The molecule has 2 N–H and O–H groups in total. The molecule has 108 valence electrons. The molecule has 0 aromatic carbocycles. The van der Waals surface area contributed by atoms with E-state index in [2.05, 4.69) is 39.5 Å². The lowest BCUT2D eigenvalue weighted by molar-refractivity contribution is 0.00454. The third-order valence-corrected chi connectivity index (χ3v) is 4.96. The summed E-state index contributed by atoms with van der Waals surface area (Å²) in [4.78, 5) is 2.68. The Morgan fingerprint density at radius 3 is 2.33 bits per heavy atom. The summed E-state index contributed by atoms with van der Waals surface area (Å²) in [5.41, 5.74) is 6.93. The van der Waals surface area contributed by atoms with Crippen molar-refractivity contribution in [3.8, 4) is 0 Å².